The molecule has 200 valence electrons. The third-order valence-electron chi connectivity index (χ3n) is 5.88. The van der Waals surface area contributed by atoms with Crippen molar-refractivity contribution in [3.8, 4) is 5.75 Å². The van der Waals surface area contributed by atoms with Gasteiger partial charge in [0, 0.05) is 36.8 Å². The van der Waals surface area contributed by atoms with E-state index in [2.05, 4.69) is 15.0 Å². The van der Waals surface area contributed by atoms with E-state index in [1.54, 1.807) is 30.3 Å². The summed E-state index contributed by atoms with van der Waals surface area (Å²) in [6.45, 7) is -0.156. The van der Waals surface area contributed by atoms with Crippen LogP contribution in [0.1, 0.15) is 38.4 Å². The molecule has 3 N–H and O–H groups in total. The zero-order chi connectivity index (χ0) is 27.4. The molecule has 0 bridgehead atoms. The molecule has 1 aliphatic heterocycles. The van der Waals surface area contributed by atoms with E-state index >= 15 is 0 Å². The quantitative estimate of drug-likeness (QED) is 0.424. The number of nitrogens with zero attached hydrogens (tertiary/aromatic N) is 2. The summed E-state index contributed by atoms with van der Waals surface area (Å²) in [5, 5.41) is 12.0. The number of ether oxygens (including phenoxy) is 1. The van der Waals surface area contributed by atoms with Gasteiger partial charge in [0.15, 0.2) is 0 Å². The summed E-state index contributed by atoms with van der Waals surface area (Å²) >= 11 is 0. The zero-order valence-corrected chi connectivity index (χ0v) is 19.8. The van der Waals surface area contributed by atoms with Crippen LogP contribution in [0.5, 0.6) is 5.75 Å². The van der Waals surface area contributed by atoms with E-state index in [1.165, 1.54) is 17.0 Å². The van der Waals surface area contributed by atoms with Gasteiger partial charge in [-0.1, -0.05) is 36.4 Å². The lowest BCUT2D eigenvalue weighted by atomic mass is 10.1. The largest absolute Gasteiger partial charge is 0.573 e. The van der Waals surface area contributed by atoms with Crippen LogP contribution < -0.4 is 21.3 Å². The second-order valence-corrected chi connectivity index (χ2v) is 8.64. The topological polar surface area (TPSA) is 134 Å². The van der Waals surface area contributed by atoms with Crippen molar-refractivity contribution in [3.63, 3.8) is 0 Å². The molecule has 38 heavy (non-hydrogen) atoms. The van der Waals surface area contributed by atoms with Crippen molar-refractivity contribution in [2.24, 2.45) is 0 Å². The second-order valence-electron chi connectivity index (χ2n) is 8.64. The first-order chi connectivity index (χ1) is 18.0. The highest BCUT2D eigenvalue weighted by molar-refractivity contribution is 5.95. The van der Waals surface area contributed by atoms with Crippen molar-refractivity contribution < 1.29 is 32.6 Å². The highest BCUT2D eigenvalue weighted by atomic mass is 19.4. The Morgan fingerprint density at radius 2 is 1.84 bits per heavy atom. The smallest absolute Gasteiger partial charge is 0.405 e. The SMILES string of the molecule is O=C(NCc1ccc(C(=O)N2CC[C@H](O)C2)cc1OC(F)(F)F)c1cc(=O)n(Cc2ccccc2)c(=O)[nH]1. The number of benzene rings is 2. The molecule has 0 saturated carbocycles. The van der Waals surface area contributed by atoms with Gasteiger partial charge in [0.1, 0.15) is 11.4 Å². The van der Waals surface area contributed by atoms with E-state index < -0.39 is 47.8 Å². The Kier molecular flexibility index (Phi) is 7.67. The lowest BCUT2D eigenvalue weighted by Gasteiger charge is -2.18. The van der Waals surface area contributed by atoms with Gasteiger partial charge >= 0.3 is 12.1 Å². The van der Waals surface area contributed by atoms with Crippen molar-refractivity contribution in [2.45, 2.75) is 32.0 Å². The number of aromatic amines is 1. The maximum Gasteiger partial charge on any atom is 0.573 e. The molecule has 13 heteroatoms. The van der Waals surface area contributed by atoms with Gasteiger partial charge in [-0.25, -0.2) is 4.79 Å². The summed E-state index contributed by atoms with van der Waals surface area (Å²) in [6, 6.07) is 13.0. The number of alkyl halides is 3. The molecule has 1 aromatic heterocycles. The molecule has 3 aromatic rings. The number of halogens is 3. The van der Waals surface area contributed by atoms with Gasteiger partial charge in [-0.2, -0.15) is 0 Å². The third kappa shape index (κ3) is 6.48. The molecule has 0 aliphatic carbocycles. The number of hydrogen-bond acceptors (Lipinski definition) is 6. The Bertz CT molecular complexity index is 1420. The monoisotopic (exact) mass is 532 g/mol. The Morgan fingerprint density at radius 1 is 1.11 bits per heavy atom. The molecule has 1 fully saturated rings. The van der Waals surface area contributed by atoms with Crippen molar-refractivity contribution in [1.82, 2.24) is 19.8 Å². The normalized spacial score (nSPS) is 15.4. The average Bonchev–Trinajstić information content (AvgIpc) is 3.30. The molecule has 0 unspecified atom stereocenters. The van der Waals surface area contributed by atoms with Crippen LogP contribution in [0, 0.1) is 0 Å². The minimum absolute atomic E-state index is 0.0174. The molecule has 1 aliphatic rings. The lowest BCUT2D eigenvalue weighted by Crippen LogP contribution is -2.38. The van der Waals surface area contributed by atoms with Crippen molar-refractivity contribution >= 4 is 11.8 Å². The fourth-order valence-corrected chi connectivity index (χ4v) is 3.99. The van der Waals surface area contributed by atoms with Gasteiger partial charge in [0.25, 0.3) is 17.4 Å². The number of aromatic nitrogens is 2. The molecule has 0 spiro atoms. The lowest BCUT2D eigenvalue weighted by molar-refractivity contribution is -0.274. The van der Waals surface area contributed by atoms with Crippen molar-refractivity contribution in [1.29, 1.82) is 0 Å². The molecule has 10 nitrogen and oxygen atoms in total. The van der Waals surface area contributed by atoms with Crippen LogP contribution in [0.2, 0.25) is 0 Å². The fourth-order valence-electron chi connectivity index (χ4n) is 3.99. The maximum atomic E-state index is 13.0. The fraction of sp³-hybridized carbons (Fsp3) is 0.280. The first kappa shape index (κ1) is 26.7. The Balaban J connectivity index is 1.51. The molecule has 2 aromatic carbocycles. The first-order valence-electron chi connectivity index (χ1n) is 11.5. The summed E-state index contributed by atoms with van der Waals surface area (Å²) in [5.41, 5.74) is -1.44. The summed E-state index contributed by atoms with van der Waals surface area (Å²) in [4.78, 5) is 53.7. The van der Waals surface area contributed by atoms with Gasteiger partial charge in [-0.05, 0) is 24.1 Å². The van der Waals surface area contributed by atoms with Crippen LogP contribution in [0.25, 0.3) is 0 Å². The summed E-state index contributed by atoms with van der Waals surface area (Å²) in [6.07, 6.45) is -5.41. The van der Waals surface area contributed by atoms with Crippen LogP contribution in [0.4, 0.5) is 13.2 Å². The minimum atomic E-state index is -5.07. The molecule has 2 heterocycles. The van der Waals surface area contributed by atoms with Gasteiger partial charge in [0.05, 0.1) is 12.6 Å². The molecule has 4 rings (SSSR count). The molecule has 2 amide bonds. The Labute approximate surface area is 213 Å². The van der Waals surface area contributed by atoms with E-state index in [0.29, 0.717) is 12.0 Å². The number of rotatable bonds is 7. The molecule has 1 saturated heterocycles. The Morgan fingerprint density at radius 3 is 2.47 bits per heavy atom. The van der Waals surface area contributed by atoms with Crippen LogP contribution >= 0.6 is 0 Å². The third-order valence-corrected chi connectivity index (χ3v) is 5.88. The Hall–Kier alpha value is -4.39. The van der Waals surface area contributed by atoms with Crippen molar-refractivity contribution in [3.05, 3.63) is 97.8 Å². The number of carbonyl (C=O) groups is 2. The number of carbonyl (C=O) groups excluding carboxylic acids is 2. The second kappa shape index (κ2) is 10.9. The standard InChI is InChI=1S/C25H23F3N4O6/c26-25(27,28)38-20-10-16(23(36)31-9-8-18(33)14-31)6-7-17(20)12-29-22(35)19-11-21(34)32(24(37)30-19)13-15-4-2-1-3-5-15/h1-7,10-11,18,33H,8-9,12-14H2,(H,29,35)(H,30,37)/t18-/m0/s1. The number of aliphatic hydroxyl groups is 1. The molecule has 1 atom stereocenters. The van der Waals surface area contributed by atoms with Crippen molar-refractivity contribution in [2.75, 3.05) is 13.1 Å². The summed E-state index contributed by atoms with van der Waals surface area (Å²) in [5.74, 6) is -2.18. The predicted molar refractivity (Wildman–Crippen MR) is 128 cm³/mol. The summed E-state index contributed by atoms with van der Waals surface area (Å²) in [7, 11) is 0. The number of likely N-dealkylation sites (tertiary alicyclic amines) is 1. The number of aliphatic hydroxyl groups excluding tert-OH is 1. The van der Waals surface area contributed by atoms with E-state index in [0.717, 1.165) is 16.7 Å². The van der Waals surface area contributed by atoms with Gasteiger partial charge in [-0.15, -0.1) is 13.2 Å². The number of nitrogens with one attached hydrogen (secondary N) is 2. The highest BCUT2D eigenvalue weighted by Crippen LogP contribution is 2.28. The van der Waals surface area contributed by atoms with Gasteiger partial charge in [0.2, 0.25) is 0 Å². The van der Waals surface area contributed by atoms with E-state index in [9.17, 15) is 37.5 Å². The average molecular weight is 532 g/mol. The van der Waals surface area contributed by atoms with Crippen LogP contribution in [-0.4, -0.2) is 56.9 Å². The molecular weight excluding hydrogens is 509 g/mol. The van der Waals surface area contributed by atoms with Crippen LogP contribution in [0.15, 0.2) is 64.2 Å². The maximum absolute atomic E-state index is 13.0. The summed E-state index contributed by atoms with van der Waals surface area (Å²) < 4.78 is 44.1. The molecule has 0 radical (unpaired) electrons. The number of amides is 2. The van der Waals surface area contributed by atoms with Crippen LogP contribution in [-0.2, 0) is 13.1 Å². The zero-order valence-electron chi connectivity index (χ0n) is 19.8. The molecular formula is C25H23F3N4O6. The number of β-amino-alcohol motifs (C(OH)–C–C–N with tert-alkyl or cyclic N) is 1. The van der Waals surface area contributed by atoms with E-state index in [4.69, 9.17) is 0 Å². The van der Waals surface area contributed by atoms with E-state index in [-0.39, 0.29) is 36.5 Å². The van der Waals surface area contributed by atoms with Crippen LogP contribution in [0.3, 0.4) is 0 Å². The first-order valence-corrected chi connectivity index (χ1v) is 11.5. The minimum Gasteiger partial charge on any atom is -0.405 e. The number of H-pyrrole nitrogens is 1. The number of hydrogen-bond donors (Lipinski definition) is 3. The van der Waals surface area contributed by atoms with Gasteiger partial charge < -0.3 is 25.0 Å². The van der Waals surface area contributed by atoms with E-state index in [1.807, 2.05) is 0 Å². The highest BCUT2D eigenvalue weighted by Gasteiger charge is 2.33. The predicted octanol–water partition coefficient (Wildman–Crippen LogP) is 1.62. The van der Waals surface area contributed by atoms with Gasteiger partial charge in [-0.3, -0.25) is 19.0 Å².